The molecule has 12 heteroatoms. The predicted octanol–water partition coefficient (Wildman–Crippen LogP) is 1.62. The average Bonchev–Trinajstić information content (AvgIpc) is 3.39. The van der Waals surface area contributed by atoms with Gasteiger partial charge in [-0.1, -0.05) is 23.1 Å². The Kier molecular flexibility index (Phi) is 6.78. The van der Waals surface area contributed by atoms with E-state index < -0.39 is 5.92 Å². The van der Waals surface area contributed by atoms with Crippen LogP contribution in [0, 0.1) is 11.7 Å². The van der Waals surface area contributed by atoms with E-state index in [-0.39, 0.29) is 42.3 Å². The molecule has 3 heterocycles. The van der Waals surface area contributed by atoms with Gasteiger partial charge in [-0.2, -0.15) is 0 Å². The fourth-order valence-electron chi connectivity index (χ4n) is 3.31. The third kappa shape index (κ3) is 5.38. The first-order valence-corrected chi connectivity index (χ1v) is 11.5. The number of hydrogen-bond donors (Lipinski definition) is 1. The van der Waals surface area contributed by atoms with E-state index in [0.29, 0.717) is 41.5 Å². The van der Waals surface area contributed by atoms with E-state index in [0.717, 1.165) is 0 Å². The average molecular weight is 466 g/mol. The van der Waals surface area contributed by atoms with Crippen LogP contribution < -0.4 is 10.2 Å². The zero-order valence-electron chi connectivity index (χ0n) is 16.5. The van der Waals surface area contributed by atoms with E-state index in [9.17, 15) is 18.8 Å². The highest BCUT2D eigenvalue weighted by Gasteiger charge is 2.35. The number of rotatable bonds is 6. The topological polar surface area (TPSA) is 105 Å². The van der Waals surface area contributed by atoms with Crippen LogP contribution in [0.2, 0.25) is 0 Å². The number of thioether (sulfide) groups is 1. The van der Waals surface area contributed by atoms with Crippen LogP contribution in [0.1, 0.15) is 6.42 Å². The van der Waals surface area contributed by atoms with Crippen LogP contribution in [0.4, 0.5) is 15.2 Å². The number of anilines is 2. The van der Waals surface area contributed by atoms with Crippen LogP contribution in [0.25, 0.3) is 0 Å². The van der Waals surface area contributed by atoms with E-state index in [4.69, 9.17) is 4.74 Å². The summed E-state index contributed by atoms with van der Waals surface area (Å²) in [4.78, 5) is 40.3. The van der Waals surface area contributed by atoms with E-state index in [1.54, 1.807) is 4.90 Å². The van der Waals surface area contributed by atoms with Crippen molar-refractivity contribution >= 4 is 51.6 Å². The van der Waals surface area contributed by atoms with Crippen LogP contribution in [0.3, 0.4) is 0 Å². The Morgan fingerprint density at radius 1 is 1.23 bits per heavy atom. The lowest BCUT2D eigenvalue weighted by Gasteiger charge is -2.26. The molecule has 0 radical (unpaired) electrons. The lowest BCUT2D eigenvalue weighted by Crippen LogP contribution is -2.41. The molecular formula is C19H20FN5O4S2. The largest absolute Gasteiger partial charge is 0.378 e. The highest BCUT2D eigenvalue weighted by molar-refractivity contribution is 8.01. The van der Waals surface area contributed by atoms with Crippen molar-refractivity contribution in [3.05, 3.63) is 30.1 Å². The van der Waals surface area contributed by atoms with Gasteiger partial charge in [0.2, 0.25) is 22.9 Å². The molecule has 0 saturated carbocycles. The number of benzene rings is 1. The highest BCUT2D eigenvalue weighted by Crippen LogP contribution is 2.29. The third-order valence-corrected chi connectivity index (χ3v) is 6.91. The molecule has 2 aliphatic heterocycles. The van der Waals surface area contributed by atoms with E-state index in [1.807, 2.05) is 0 Å². The fraction of sp³-hybridized carbons (Fsp3) is 0.421. The Morgan fingerprint density at radius 3 is 2.71 bits per heavy atom. The molecule has 9 nitrogen and oxygen atoms in total. The summed E-state index contributed by atoms with van der Waals surface area (Å²) in [5.41, 5.74) is 0.557. The molecule has 0 bridgehead atoms. The number of ether oxygens (including phenoxy) is 1. The van der Waals surface area contributed by atoms with Crippen LogP contribution >= 0.6 is 23.1 Å². The number of nitrogens with zero attached hydrogens (tertiary/aromatic N) is 4. The highest BCUT2D eigenvalue weighted by atomic mass is 32.2. The van der Waals surface area contributed by atoms with Crippen molar-refractivity contribution in [2.75, 3.05) is 48.8 Å². The molecule has 1 aromatic heterocycles. The van der Waals surface area contributed by atoms with E-state index in [1.165, 1.54) is 52.3 Å². The van der Waals surface area contributed by atoms with Gasteiger partial charge in [-0.05, 0) is 24.3 Å². The Morgan fingerprint density at radius 2 is 1.97 bits per heavy atom. The van der Waals surface area contributed by atoms with Crippen molar-refractivity contribution in [3.8, 4) is 0 Å². The Labute approximate surface area is 185 Å². The van der Waals surface area contributed by atoms with E-state index in [2.05, 4.69) is 15.5 Å². The van der Waals surface area contributed by atoms with Crippen LogP contribution in [0.15, 0.2) is 28.6 Å². The molecule has 1 aromatic carbocycles. The van der Waals surface area contributed by atoms with Gasteiger partial charge < -0.3 is 19.9 Å². The maximum absolute atomic E-state index is 13.1. The second-order valence-electron chi connectivity index (χ2n) is 7.03. The molecule has 2 aromatic rings. The number of halogens is 1. The molecule has 0 aliphatic carbocycles. The smallest absolute Gasteiger partial charge is 0.233 e. The minimum Gasteiger partial charge on any atom is -0.378 e. The number of aromatic nitrogens is 2. The monoisotopic (exact) mass is 465 g/mol. The van der Waals surface area contributed by atoms with Crippen LogP contribution in [0.5, 0.6) is 0 Å². The standard InChI is InChI=1S/C19H20FN5O4S2/c20-13-1-3-14(4-2-13)25-10-12(9-15(25)26)17(28)21-18-22-23-19(31-18)30-11-16(27)24-5-7-29-8-6-24/h1-4,12H,5-11H2,(H,21,22,28)/t12-/m1/s1. The van der Waals surface area contributed by atoms with E-state index >= 15 is 0 Å². The van der Waals surface area contributed by atoms with Crippen LogP contribution in [-0.4, -0.2) is 71.4 Å². The summed E-state index contributed by atoms with van der Waals surface area (Å²) in [6.07, 6.45) is 0.0671. The van der Waals surface area contributed by atoms with Crippen molar-refractivity contribution in [1.82, 2.24) is 15.1 Å². The SMILES string of the molecule is O=C(Nc1nnc(SCC(=O)N2CCOCC2)s1)[C@@H]1CC(=O)N(c2ccc(F)cc2)C1. The summed E-state index contributed by atoms with van der Waals surface area (Å²) in [5.74, 6) is -1.19. The lowest BCUT2D eigenvalue weighted by atomic mass is 10.1. The quantitative estimate of drug-likeness (QED) is 0.511. The summed E-state index contributed by atoms with van der Waals surface area (Å²) in [6.45, 7) is 2.49. The van der Waals surface area contributed by atoms with Gasteiger partial charge in [0.15, 0.2) is 4.34 Å². The van der Waals surface area contributed by atoms with Crippen LogP contribution in [-0.2, 0) is 19.1 Å². The molecular weight excluding hydrogens is 445 g/mol. The first-order valence-electron chi connectivity index (χ1n) is 9.68. The summed E-state index contributed by atoms with van der Waals surface area (Å²) < 4.78 is 18.9. The number of amides is 3. The number of hydrogen-bond acceptors (Lipinski definition) is 8. The molecule has 4 rings (SSSR count). The Balaban J connectivity index is 1.28. The summed E-state index contributed by atoms with van der Waals surface area (Å²) in [5, 5.41) is 11.0. The van der Waals surface area contributed by atoms with Crippen molar-refractivity contribution < 1.29 is 23.5 Å². The Bertz CT molecular complexity index is 964. The van der Waals surface area contributed by atoms with Gasteiger partial charge in [0, 0.05) is 31.7 Å². The number of carbonyl (C=O) groups excluding carboxylic acids is 3. The van der Waals surface area contributed by atoms with Gasteiger partial charge in [0.25, 0.3) is 0 Å². The summed E-state index contributed by atoms with van der Waals surface area (Å²) in [6, 6.07) is 5.58. The molecule has 31 heavy (non-hydrogen) atoms. The molecule has 0 unspecified atom stereocenters. The maximum Gasteiger partial charge on any atom is 0.233 e. The molecule has 2 aliphatic rings. The van der Waals surface area contributed by atoms with Gasteiger partial charge in [0.05, 0.1) is 24.9 Å². The van der Waals surface area contributed by atoms with Crippen molar-refractivity contribution in [2.45, 2.75) is 10.8 Å². The molecule has 2 fully saturated rings. The third-order valence-electron chi connectivity index (χ3n) is 4.95. The van der Waals surface area contributed by atoms with Crippen molar-refractivity contribution in [3.63, 3.8) is 0 Å². The van der Waals surface area contributed by atoms with Crippen molar-refractivity contribution in [2.24, 2.45) is 5.92 Å². The molecule has 164 valence electrons. The van der Waals surface area contributed by atoms with Gasteiger partial charge in [-0.3, -0.25) is 14.4 Å². The molecule has 1 N–H and O–H groups in total. The van der Waals surface area contributed by atoms with Gasteiger partial charge in [0.1, 0.15) is 5.82 Å². The number of carbonyl (C=O) groups is 3. The molecule has 0 spiro atoms. The van der Waals surface area contributed by atoms with Gasteiger partial charge in [-0.25, -0.2) is 4.39 Å². The number of morpholine rings is 1. The Hall–Kier alpha value is -2.57. The first kappa shape index (κ1) is 21.7. The lowest BCUT2D eigenvalue weighted by molar-refractivity contribution is -0.132. The molecule has 1 atom stereocenters. The second-order valence-corrected chi connectivity index (χ2v) is 9.23. The normalized spacial score (nSPS) is 19.0. The summed E-state index contributed by atoms with van der Waals surface area (Å²) >= 11 is 2.45. The predicted molar refractivity (Wildman–Crippen MR) is 114 cm³/mol. The minimum absolute atomic E-state index is 0.0134. The van der Waals surface area contributed by atoms with Gasteiger partial charge >= 0.3 is 0 Å². The first-order chi connectivity index (χ1) is 15.0. The second kappa shape index (κ2) is 9.71. The molecule has 2 saturated heterocycles. The zero-order valence-corrected chi connectivity index (χ0v) is 18.1. The molecule has 3 amide bonds. The van der Waals surface area contributed by atoms with Crippen molar-refractivity contribution in [1.29, 1.82) is 0 Å². The zero-order chi connectivity index (χ0) is 21.8. The van der Waals surface area contributed by atoms with Gasteiger partial charge in [-0.15, -0.1) is 10.2 Å². The maximum atomic E-state index is 13.1. The summed E-state index contributed by atoms with van der Waals surface area (Å²) in [7, 11) is 0. The number of nitrogens with one attached hydrogen (secondary N) is 1. The fourth-order valence-corrected chi connectivity index (χ4v) is 4.97. The minimum atomic E-state index is -0.541.